The van der Waals surface area contributed by atoms with Gasteiger partial charge in [0.2, 0.25) is 0 Å². The van der Waals surface area contributed by atoms with Crippen LogP contribution in [0.2, 0.25) is 0 Å². The molecule has 2 nitrogen and oxygen atoms in total. The Kier molecular flexibility index (Phi) is 5.38. The first-order valence-corrected chi connectivity index (χ1v) is 11.1. The number of nitrogen functional groups attached to an aromatic ring is 2. The highest BCUT2D eigenvalue weighted by Gasteiger charge is 2.39. The molecule has 0 saturated carbocycles. The smallest absolute Gasteiger partial charge is 0.0456 e. The zero-order valence-corrected chi connectivity index (χ0v) is 17.4. The van der Waals surface area contributed by atoms with Gasteiger partial charge >= 0.3 is 0 Å². The molecular formula is C26H25N2P. The largest absolute Gasteiger partial charge is 0.399 e. The van der Waals surface area contributed by atoms with E-state index in [0.29, 0.717) is 0 Å². The van der Waals surface area contributed by atoms with Gasteiger partial charge in [0.15, 0.2) is 0 Å². The fourth-order valence-corrected chi connectivity index (χ4v) is 6.99. The maximum atomic E-state index is 6.22. The van der Waals surface area contributed by atoms with Gasteiger partial charge in [0.05, 0.1) is 0 Å². The second kappa shape index (κ2) is 8.11. The summed E-state index contributed by atoms with van der Waals surface area (Å²) >= 11 is 0. The SMILES string of the molecule is CC(c1cccc(N)c1)(c1cccc(N)c1)P(c1ccccc1)c1ccccc1. The molecule has 0 spiro atoms. The molecule has 4 rings (SSSR count). The van der Waals surface area contributed by atoms with Gasteiger partial charge in [-0.15, -0.1) is 0 Å². The molecule has 0 amide bonds. The van der Waals surface area contributed by atoms with Crippen LogP contribution in [0.25, 0.3) is 0 Å². The lowest BCUT2D eigenvalue weighted by Crippen LogP contribution is -2.31. The van der Waals surface area contributed by atoms with Crippen molar-refractivity contribution in [3.8, 4) is 0 Å². The van der Waals surface area contributed by atoms with Crippen LogP contribution >= 0.6 is 7.92 Å². The molecule has 29 heavy (non-hydrogen) atoms. The molecule has 3 heteroatoms. The minimum Gasteiger partial charge on any atom is -0.399 e. The number of anilines is 2. The molecular weight excluding hydrogens is 371 g/mol. The Labute approximate surface area is 174 Å². The van der Waals surface area contributed by atoms with Crippen molar-refractivity contribution in [3.63, 3.8) is 0 Å². The molecule has 0 aliphatic carbocycles. The molecule has 0 aliphatic heterocycles. The summed E-state index contributed by atoms with van der Waals surface area (Å²) in [7, 11) is -0.785. The van der Waals surface area contributed by atoms with Gasteiger partial charge in [-0.2, -0.15) is 0 Å². The van der Waals surface area contributed by atoms with Gasteiger partial charge in [0, 0.05) is 16.5 Å². The molecule has 4 aromatic rings. The van der Waals surface area contributed by atoms with Crippen molar-refractivity contribution in [2.24, 2.45) is 0 Å². The number of nitrogens with two attached hydrogens (primary N) is 2. The van der Waals surface area contributed by atoms with E-state index in [1.165, 1.54) is 21.7 Å². The summed E-state index contributed by atoms with van der Waals surface area (Å²) in [4.78, 5) is 0. The summed E-state index contributed by atoms with van der Waals surface area (Å²) in [5, 5.41) is 2.34. The molecule has 0 atom stereocenters. The van der Waals surface area contributed by atoms with Gasteiger partial charge in [0.1, 0.15) is 0 Å². The highest BCUT2D eigenvalue weighted by atomic mass is 31.1. The summed E-state index contributed by atoms with van der Waals surface area (Å²) in [6, 6.07) is 38.1. The first-order valence-electron chi connectivity index (χ1n) is 9.71. The van der Waals surface area contributed by atoms with E-state index in [9.17, 15) is 0 Å². The van der Waals surface area contributed by atoms with Gasteiger partial charge in [0.25, 0.3) is 0 Å². The Morgan fingerprint density at radius 2 is 0.966 bits per heavy atom. The predicted molar refractivity (Wildman–Crippen MR) is 127 cm³/mol. The van der Waals surface area contributed by atoms with E-state index in [1.54, 1.807) is 0 Å². The second-order valence-corrected chi connectivity index (χ2v) is 9.93. The molecule has 0 fully saturated rings. The van der Waals surface area contributed by atoms with E-state index in [4.69, 9.17) is 11.5 Å². The van der Waals surface area contributed by atoms with Crippen LogP contribution in [0.5, 0.6) is 0 Å². The first kappa shape index (κ1) is 19.2. The van der Waals surface area contributed by atoms with Crippen LogP contribution in [0.3, 0.4) is 0 Å². The van der Waals surface area contributed by atoms with Crippen molar-refractivity contribution in [2.45, 2.75) is 12.1 Å². The monoisotopic (exact) mass is 396 g/mol. The van der Waals surface area contributed by atoms with Crippen LogP contribution in [0.1, 0.15) is 18.1 Å². The fourth-order valence-electron chi connectivity index (χ4n) is 3.93. The molecule has 0 heterocycles. The lowest BCUT2D eigenvalue weighted by atomic mass is 9.91. The standard InChI is InChI=1S/C26H25N2P/c1-26(20-10-8-12-22(27)18-20,21-11-9-13-23(28)19-21)29(24-14-4-2-5-15-24)25-16-6-3-7-17-25/h2-19H,27-28H2,1H3. The van der Waals surface area contributed by atoms with Gasteiger partial charge < -0.3 is 11.5 Å². The Hall–Kier alpha value is -3.09. The van der Waals surface area contributed by atoms with Gasteiger partial charge in [-0.3, -0.25) is 0 Å². The van der Waals surface area contributed by atoms with Crippen molar-refractivity contribution >= 4 is 29.9 Å². The van der Waals surface area contributed by atoms with E-state index >= 15 is 0 Å². The van der Waals surface area contributed by atoms with E-state index < -0.39 is 7.92 Å². The number of hydrogen-bond donors (Lipinski definition) is 2. The van der Waals surface area contributed by atoms with Crippen LogP contribution < -0.4 is 22.1 Å². The molecule has 4 aromatic carbocycles. The Balaban J connectivity index is 2.04. The van der Waals surface area contributed by atoms with E-state index in [0.717, 1.165) is 11.4 Å². The van der Waals surface area contributed by atoms with Crippen LogP contribution in [0.15, 0.2) is 109 Å². The Bertz CT molecular complexity index is 1010. The molecule has 0 radical (unpaired) electrons. The maximum Gasteiger partial charge on any atom is 0.0456 e. The topological polar surface area (TPSA) is 52.0 Å². The van der Waals surface area contributed by atoms with Crippen molar-refractivity contribution in [2.75, 3.05) is 11.5 Å². The minimum atomic E-state index is -0.785. The second-order valence-electron chi connectivity index (χ2n) is 7.33. The van der Waals surface area contributed by atoms with E-state index in [1.807, 2.05) is 24.3 Å². The highest BCUT2D eigenvalue weighted by Crippen LogP contribution is 2.58. The molecule has 4 N–H and O–H groups in total. The molecule has 0 bridgehead atoms. The van der Waals surface area contributed by atoms with Gasteiger partial charge in [-0.1, -0.05) is 84.9 Å². The summed E-state index contributed by atoms with van der Waals surface area (Å²) < 4.78 is 0. The lowest BCUT2D eigenvalue weighted by molar-refractivity contribution is 0.829. The first-order chi connectivity index (χ1) is 14.1. The molecule has 144 valence electrons. The third-order valence-corrected chi connectivity index (χ3v) is 8.41. The van der Waals surface area contributed by atoms with Crippen LogP contribution in [0.4, 0.5) is 11.4 Å². The molecule has 0 aliphatic rings. The molecule has 0 saturated heterocycles. The average molecular weight is 396 g/mol. The normalized spacial score (nSPS) is 11.5. The van der Waals surface area contributed by atoms with E-state index in [2.05, 4.69) is 91.9 Å². The fraction of sp³-hybridized carbons (Fsp3) is 0.0769. The molecule has 0 unspecified atom stereocenters. The highest BCUT2D eigenvalue weighted by molar-refractivity contribution is 7.74. The predicted octanol–water partition coefficient (Wildman–Crippen LogP) is 5.25. The third kappa shape index (κ3) is 3.77. The van der Waals surface area contributed by atoms with Crippen molar-refractivity contribution < 1.29 is 0 Å². The summed E-state index contributed by atoms with van der Waals surface area (Å²) in [5.41, 5.74) is 16.4. The van der Waals surface area contributed by atoms with Gasteiger partial charge in [-0.25, -0.2) is 0 Å². The maximum absolute atomic E-state index is 6.22. The molecule has 0 aromatic heterocycles. The zero-order chi connectivity index (χ0) is 20.3. The number of benzene rings is 4. The zero-order valence-electron chi connectivity index (χ0n) is 16.5. The number of rotatable bonds is 5. The average Bonchev–Trinajstić information content (AvgIpc) is 2.75. The van der Waals surface area contributed by atoms with Crippen LogP contribution in [0, 0.1) is 0 Å². The quantitative estimate of drug-likeness (QED) is 0.358. The Morgan fingerprint density at radius 1 is 0.552 bits per heavy atom. The minimum absolute atomic E-state index is 0.303. The van der Waals surface area contributed by atoms with Gasteiger partial charge in [-0.05, 0) is 60.8 Å². The Morgan fingerprint density at radius 3 is 1.34 bits per heavy atom. The van der Waals surface area contributed by atoms with Crippen molar-refractivity contribution in [1.82, 2.24) is 0 Å². The van der Waals surface area contributed by atoms with Crippen LogP contribution in [-0.2, 0) is 5.16 Å². The van der Waals surface area contributed by atoms with Crippen LogP contribution in [-0.4, -0.2) is 0 Å². The summed E-state index contributed by atoms with van der Waals surface area (Å²) in [6.45, 7) is 2.32. The van der Waals surface area contributed by atoms with Crippen molar-refractivity contribution in [3.05, 3.63) is 120 Å². The number of hydrogen-bond acceptors (Lipinski definition) is 2. The third-order valence-electron chi connectivity index (χ3n) is 5.37. The summed E-state index contributed by atoms with van der Waals surface area (Å²) in [6.07, 6.45) is 0. The lowest BCUT2D eigenvalue weighted by Gasteiger charge is -2.40. The van der Waals surface area contributed by atoms with Crippen molar-refractivity contribution in [1.29, 1.82) is 0 Å². The summed E-state index contributed by atoms with van der Waals surface area (Å²) in [5.74, 6) is 0. The van der Waals surface area contributed by atoms with E-state index in [-0.39, 0.29) is 5.16 Å².